The first-order chi connectivity index (χ1) is 9.92. The van der Waals surface area contributed by atoms with Crippen molar-refractivity contribution in [3.63, 3.8) is 0 Å². The second-order valence-electron chi connectivity index (χ2n) is 5.19. The fourth-order valence-corrected chi connectivity index (χ4v) is 2.56. The van der Waals surface area contributed by atoms with Crippen molar-refractivity contribution in [1.29, 1.82) is 0 Å². The summed E-state index contributed by atoms with van der Waals surface area (Å²) >= 11 is 0. The summed E-state index contributed by atoms with van der Waals surface area (Å²) in [5.41, 5.74) is 3.93. The lowest BCUT2D eigenvalue weighted by Gasteiger charge is -2.26. The van der Waals surface area contributed by atoms with Crippen LogP contribution in [0.2, 0.25) is 0 Å². The Labute approximate surface area is 121 Å². The Morgan fingerprint density at radius 1 is 0.900 bits per heavy atom. The quantitative estimate of drug-likeness (QED) is 0.843. The Balaban J connectivity index is 1.58. The minimum atomic E-state index is 0.879. The first kappa shape index (κ1) is 13.3. The largest absolute Gasteiger partial charge is 0.379 e. The molecule has 103 valence electrons. The molecule has 1 aliphatic heterocycles. The van der Waals surface area contributed by atoms with Crippen LogP contribution in [0.1, 0.15) is 5.56 Å². The number of ether oxygens (including phenoxy) is 1. The molecule has 0 spiro atoms. The van der Waals surface area contributed by atoms with Crippen molar-refractivity contribution in [3.05, 3.63) is 60.2 Å². The van der Waals surface area contributed by atoms with Crippen molar-refractivity contribution in [3.8, 4) is 11.1 Å². The van der Waals surface area contributed by atoms with E-state index in [0.29, 0.717) is 0 Å². The lowest BCUT2D eigenvalue weighted by Crippen LogP contribution is -2.37. The predicted octanol–water partition coefficient (Wildman–Crippen LogP) is 3.03. The average Bonchev–Trinajstić information content (AvgIpc) is 2.55. The fourth-order valence-electron chi connectivity index (χ4n) is 2.56. The molecule has 1 fully saturated rings. The van der Waals surface area contributed by atoms with Crippen LogP contribution in [0.5, 0.6) is 0 Å². The fraction of sp³-hybridized carbons (Fsp3) is 0.333. The normalized spacial score (nSPS) is 16.2. The van der Waals surface area contributed by atoms with Crippen molar-refractivity contribution >= 4 is 0 Å². The summed E-state index contributed by atoms with van der Waals surface area (Å²) in [5.74, 6) is 0. The van der Waals surface area contributed by atoms with Crippen LogP contribution in [0.25, 0.3) is 11.1 Å². The lowest BCUT2D eigenvalue weighted by atomic mass is 10.0. The standard InChI is InChI=1S/C18H20NO/c1-2-4-17(5-3-1)18-8-6-16(7-9-18)10-11-19-12-14-20-15-13-19/h2-9H,10-15H2. The van der Waals surface area contributed by atoms with E-state index in [1.54, 1.807) is 0 Å². The summed E-state index contributed by atoms with van der Waals surface area (Å²) < 4.78 is 5.37. The molecule has 0 aromatic heterocycles. The summed E-state index contributed by atoms with van der Waals surface area (Å²) in [4.78, 5) is 2.48. The molecule has 0 bridgehead atoms. The average molecular weight is 266 g/mol. The molecule has 0 atom stereocenters. The third-order valence-electron chi connectivity index (χ3n) is 3.83. The molecule has 0 N–H and O–H groups in total. The van der Waals surface area contributed by atoms with Gasteiger partial charge in [0.25, 0.3) is 0 Å². The van der Waals surface area contributed by atoms with Gasteiger partial charge in [0.05, 0.1) is 13.2 Å². The van der Waals surface area contributed by atoms with Crippen LogP contribution in [0.15, 0.2) is 48.5 Å². The van der Waals surface area contributed by atoms with Crippen molar-refractivity contribution in [1.82, 2.24) is 4.90 Å². The monoisotopic (exact) mass is 266 g/mol. The summed E-state index contributed by atoms with van der Waals surface area (Å²) in [6.45, 7) is 5.02. The van der Waals surface area contributed by atoms with E-state index in [-0.39, 0.29) is 0 Å². The number of benzene rings is 2. The summed E-state index contributed by atoms with van der Waals surface area (Å²) in [5, 5.41) is 0. The maximum Gasteiger partial charge on any atom is 0.0594 e. The van der Waals surface area contributed by atoms with Gasteiger partial charge in [-0.05, 0) is 29.2 Å². The Hall–Kier alpha value is -1.64. The second kappa shape index (κ2) is 6.69. The minimum Gasteiger partial charge on any atom is -0.379 e. The van der Waals surface area contributed by atoms with Gasteiger partial charge in [-0.3, -0.25) is 4.90 Å². The number of nitrogens with zero attached hydrogens (tertiary/aromatic N) is 1. The smallest absolute Gasteiger partial charge is 0.0594 e. The Morgan fingerprint density at radius 3 is 2.25 bits per heavy atom. The minimum absolute atomic E-state index is 0.879. The molecule has 0 saturated carbocycles. The van der Waals surface area contributed by atoms with Gasteiger partial charge in [-0.25, -0.2) is 0 Å². The van der Waals surface area contributed by atoms with E-state index in [4.69, 9.17) is 4.74 Å². The molecule has 1 saturated heterocycles. The number of morpholine rings is 1. The van der Waals surface area contributed by atoms with Gasteiger partial charge in [0.2, 0.25) is 0 Å². The Morgan fingerprint density at radius 2 is 1.55 bits per heavy atom. The zero-order valence-corrected chi connectivity index (χ0v) is 11.7. The van der Waals surface area contributed by atoms with Crippen molar-refractivity contribution in [2.24, 2.45) is 0 Å². The maximum atomic E-state index is 5.37. The highest BCUT2D eigenvalue weighted by Gasteiger charge is 2.09. The van der Waals surface area contributed by atoms with Gasteiger partial charge in [0.1, 0.15) is 0 Å². The molecule has 1 radical (unpaired) electrons. The van der Waals surface area contributed by atoms with Crippen molar-refractivity contribution in [2.75, 3.05) is 32.8 Å². The molecular formula is C18H20NO. The molecule has 2 heteroatoms. The predicted molar refractivity (Wildman–Crippen MR) is 81.7 cm³/mol. The Bertz CT molecular complexity index is 515. The topological polar surface area (TPSA) is 12.5 Å². The molecule has 3 rings (SSSR count). The highest BCUT2D eigenvalue weighted by atomic mass is 16.5. The zero-order valence-electron chi connectivity index (χ0n) is 11.7. The van der Waals surface area contributed by atoms with Crippen LogP contribution < -0.4 is 0 Å². The van der Waals surface area contributed by atoms with E-state index in [1.165, 1.54) is 16.7 Å². The van der Waals surface area contributed by atoms with E-state index in [2.05, 4.69) is 47.4 Å². The molecule has 0 amide bonds. The van der Waals surface area contributed by atoms with E-state index in [1.807, 2.05) is 12.1 Å². The van der Waals surface area contributed by atoms with E-state index >= 15 is 0 Å². The van der Waals surface area contributed by atoms with Gasteiger partial charge < -0.3 is 4.74 Å². The Kier molecular flexibility index (Phi) is 4.46. The van der Waals surface area contributed by atoms with Crippen LogP contribution in [0.3, 0.4) is 0 Å². The number of rotatable bonds is 4. The first-order valence-electron chi connectivity index (χ1n) is 7.27. The highest BCUT2D eigenvalue weighted by Crippen LogP contribution is 2.19. The third kappa shape index (κ3) is 3.47. The summed E-state index contributed by atoms with van der Waals surface area (Å²) in [7, 11) is 0. The van der Waals surface area contributed by atoms with E-state index in [9.17, 15) is 0 Å². The molecule has 0 unspecified atom stereocenters. The van der Waals surface area contributed by atoms with Gasteiger partial charge in [-0.2, -0.15) is 0 Å². The molecular weight excluding hydrogens is 246 g/mol. The van der Waals surface area contributed by atoms with Crippen LogP contribution in [0.4, 0.5) is 0 Å². The molecule has 0 aliphatic carbocycles. The highest BCUT2D eigenvalue weighted by molar-refractivity contribution is 5.63. The van der Waals surface area contributed by atoms with E-state index < -0.39 is 0 Å². The lowest BCUT2D eigenvalue weighted by molar-refractivity contribution is 0.0384. The van der Waals surface area contributed by atoms with Gasteiger partial charge in [0.15, 0.2) is 0 Å². The molecule has 2 aromatic rings. The number of hydrogen-bond acceptors (Lipinski definition) is 2. The number of hydrogen-bond donors (Lipinski definition) is 0. The third-order valence-corrected chi connectivity index (χ3v) is 3.83. The van der Waals surface area contributed by atoms with Gasteiger partial charge in [-0.1, -0.05) is 48.5 Å². The van der Waals surface area contributed by atoms with E-state index in [0.717, 1.165) is 39.3 Å². The van der Waals surface area contributed by atoms with Crippen molar-refractivity contribution < 1.29 is 4.74 Å². The SMILES string of the molecule is [c]1ccc(-c2ccc(CCN3CCOCC3)cc2)cc1. The van der Waals surface area contributed by atoms with Crippen LogP contribution in [-0.2, 0) is 11.2 Å². The summed E-state index contributed by atoms with van der Waals surface area (Å²) in [6, 6.07) is 20.1. The van der Waals surface area contributed by atoms with Crippen LogP contribution in [-0.4, -0.2) is 37.7 Å². The van der Waals surface area contributed by atoms with Crippen LogP contribution >= 0.6 is 0 Å². The molecule has 20 heavy (non-hydrogen) atoms. The van der Waals surface area contributed by atoms with Gasteiger partial charge in [-0.15, -0.1) is 0 Å². The zero-order chi connectivity index (χ0) is 13.6. The molecule has 1 heterocycles. The molecule has 1 aliphatic rings. The van der Waals surface area contributed by atoms with Gasteiger partial charge >= 0.3 is 0 Å². The maximum absolute atomic E-state index is 5.37. The second-order valence-corrected chi connectivity index (χ2v) is 5.19. The van der Waals surface area contributed by atoms with Gasteiger partial charge in [0, 0.05) is 19.6 Å². The molecule has 2 nitrogen and oxygen atoms in total. The first-order valence-corrected chi connectivity index (χ1v) is 7.27. The molecule has 2 aromatic carbocycles. The summed E-state index contributed by atoms with van der Waals surface area (Å²) in [6.07, 6.45) is 1.11. The van der Waals surface area contributed by atoms with Crippen LogP contribution in [0, 0.1) is 6.07 Å². The van der Waals surface area contributed by atoms with Crippen molar-refractivity contribution in [2.45, 2.75) is 6.42 Å².